The fourth-order valence-electron chi connectivity index (χ4n) is 1.74. The Morgan fingerprint density at radius 3 is 2.78 bits per heavy atom. The van der Waals surface area contributed by atoms with E-state index in [-0.39, 0.29) is 10.8 Å². The highest BCUT2D eigenvalue weighted by Crippen LogP contribution is 2.36. The van der Waals surface area contributed by atoms with E-state index in [1.54, 1.807) is 6.33 Å². The number of rotatable bonds is 3. The summed E-state index contributed by atoms with van der Waals surface area (Å²) >= 11 is 17.4. The van der Waals surface area contributed by atoms with Crippen LogP contribution in [0.3, 0.4) is 0 Å². The Kier molecular flexibility index (Phi) is 4.10. The van der Waals surface area contributed by atoms with Crippen LogP contribution in [0.4, 0.5) is 0 Å². The average molecular weight is 303 g/mol. The van der Waals surface area contributed by atoms with Crippen LogP contribution in [0.5, 0.6) is 5.75 Å². The molecule has 0 atom stereocenters. The number of hydrogen-bond acceptors (Lipinski definition) is 3. The third-order valence-electron chi connectivity index (χ3n) is 2.73. The highest BCUT2D eigenvalue weighted by Gasteiger charge is 2.13. The van der Waals surface area contributed by atoms with E-state index in [4.69, 9.17) is 35.4 Å². The molecule has 1 aromatic heterocycles. The fraction of sp³-hybridized carbons (Fsp3) is 0.333. The molecule has 6 heteroatoms. The van der Waals surface area contributed by atoms with E-state index in [2.05, 4.69) is 11.9 Å². The molecule has 1 N–H and O–H groups in total. The summed E-state index contributed by atoms with van der Waals surface area (Å²) in [5.74, 6) is -0.0789. The van der Waals surface area contributed by atoms with Crippen LogP contribution < -0.4 is 0 Å². The molecule has 0 spiro atoms. The molecule has 0 amide bonds. The molecule has 0 aliphatic carbocycles. The molecule has 0 aliphatic heterocycles. The first-order chi connectivity index (χ1) is 8.56. The number of nitrogens with zero attached hydrogens (tertiary/aromatic N) is 2. The second-order valence-electron chi connectivity index (χ2n) is 4.01. The molecular weight excluding hydrogens is 291 g/mol. The van der Waals surface area contributed by atoms with Crippen molar-refractivity contribution in [3.8, 4) is 5.75 Å². The number of unbranched alkanes of at least 4 members (excludes halogenated alkanes) is 1. The number of phenols is 1. The van der Waals surface area contributed by atoms with Gasteiger partial charge in [0.05, 0.1) is 21.8 Å². The Morgan fingerprint density at radius 2 is 2.11 bits per heavy atom. The third kappa shape index (κ3) is 2.32. The van der Waals surface area contributed by atoms with Crippen LogP contribution in [0, 0.1) is 4.64 Å². The van der Waals surface area contributed by atoms with Gasteiger partial charge in [-0.15, -0.1) is 0 Å². The molecule has 0 unspecified atom stereocenters. The van der Waals surface area contributed by atoms with Crippen LogP contribution in [0.25, 0.3) is 10.9 Å². The first-order valence-electron chi connectivity index (χ1n) is 5.62. The number of hydrogen-bond donors (Lipinski definition) is 1. The predicted octanol–water partition coefficient (Wildman–Crippen LogP) is 4.58. The van der Waals surface area contributed by atoms with Gasteiger partial charge < -0.3 is 9.67 Å². The molecular formula is C12H12Cl2N2OS. The van der Waals surface area contributed by atoms with Crippen LogP contribution in [0.2, 0.25) is 10.0 Å². The SMILES string of the molecule is CCCCn1cnc2c(O)c(Cl)cc(Cl)c2c1=S. The maximum absolute atomic E-state index is 9.87. The molecule has 0 radical (unpaired) electrons. The van der Waals surface area contributed by atoms with Gasteiger partial charge in [0.2, 0.25) is 0 Å². The fourth-order valence-corrected chi connectivity index (χ4v) is 2.68. The summed E-state index contributed by atoms with van der Waals surface area (Å²) in [5, 5.41) is 11.0. The van der Waals surface area contributed by atoms with Gasteiger partial charge in [-0.25, -0.2) is 4.98 Å². The van der Waals surface area contributed by atoms with Gasteiger partial charge in [-0.05, 0) is 12.5 Å². The van der Waals surface area contributed by atoms with Gasteiger partial charge in [0.1, 0.15) is 10.2 Å². The van der Waals surface area contributed by atoms with Crippen molar-refractivity contribution in [3.05, 3.63) is 27.1 Å². The van der Waals surface area contributed by atoms with Gasteiger partial charge in [0, 0.05) is 6.54 Å². The summed E-state index contributed by atoms with van der Waals surface area (Å²) in [5.41, 5.74) is 0.352. The summed E-state index contributed by atoms with van der Waals surface area (Å²) in [6.07, 6.45) is 3.70. The quantitative estimate of drug-likeness (QED) is 0.844. The minimum absolute atomic E-state index is 0.0789. The predicted molar refractivity (Wildman–Crippen MR) is 77.2 cm³/mol. The van der Waals surface area contributed by atoms with E-state index in [1.807, 2.05) is 4.57 Å². The lowest BCUT2D eigenvalue weighted by Gasteiger charge is -2.10. The molecule has 2 rings (SSSR count). The molecule has 3 nitrogen and oxygen atoms in total. The van der Waals surface area contributed by atoms with Crippen LogP contribution in [-0.4, -0.2) is 14.7 Å². The van der Waals surface area contributed by atoms with Crippen LogP contribution in [0.15, 0.2) is 12.4 Å². The average Bonchev–Trinajstić information content (AvgIpc) is 2.34. The zero-order valence-electron chi connectivity index (χ0n) is 9.78. The van der Waals surface area contributed by atoms with E-state index in [0.29, 0.717) is 20.6 Å². The molecule has 1 aromatic carbocycles. The molecule has 0 aliphatic rings. The van der Waals surface area contributed by atoms with Gasteiger partial charge >= 0.3 is 0 Å². The largest absolute Gasteiger partial charge is 0.504 e. The van der Waals surface area contributed by atoms with Gasteiger partial charge in [-0.1, -0.05) is 48.8 Å². The van der Waals surface area contributed by atoms with E-state index < -0.39 is 0 Å². The van der Waals surface area contributed by atoms with Crippen molar-refractivity contribution in [1.29, 1.82) is 0 Å². The number of benzene rings is 1. The second-order valence-corrected chi connectivity index (χ2v) is 5.21. The van der Waals surface area contributed by atoms with Crippen LogP contribution >= 0.6 is 35.4 Å². The molecule has 0 bridgehead atoms. The summed E-state index contributed by atoms with van der Waals surface area (Å²) in [7, 11) is 0. The second kappa shape index (κ2) is 5.43. The lowest BCUT2D eigenvalue weighted by molar-refractivity contribution is 0.480. The first-order valence-corrected chi connectivity index (χ1v) is 6.78. The monoisotopic (exact) mass is 302 g/mol. The van der Waals surface area contributed by atoms with Gasteiger partial charge in [-0.3, -0.25) is 0 Å². The summed E-state index contributed by atoms with van der Waals surface area (Å²) in [6.45, 7) is 2.90. The number of aromatic hydroxyl groups is 1. The highest BCUT2D eigenvalue weighted by molar-refractivity contribution is 7.71. The molecule has 0 fully saturated rings. The number of fused-ring (bicyclic) bond motifs is 1. The summed E-state index contributed by atoms with van der Waals surface area (Å²) < 4.78 is 2.44. The molecule has 0 saturated carbocycles. The first kappa shape index (κ1) is 13.6. The lowest BCUT2D eigenvalue weighted by atomic mass is 10.2. The van der Waals surface area contributed by atoms with Crippen molar-refractivity contribution in [2.24, 2.45) is 0 Å². The number of aryl methyl sites for hydroxylation is 1. The molecule has 0 saturated heterocycles. The minimum Gasteiger partial charge on any atom is -0.504 e. The van der Waals surface area contributed by atoms with E-state index in [1.165, 1.54) is 6.07 Å². The normalized spacial score (nSPS) is 11.1. The Morgan fingerprint density at radius 1 is 1.39 bits per heavy atom. The van der Waals surface area contributed by atoms with Crippen molar-refractivity contribution in [2.75, 3.05) is 0 Å². The van der Waals surface area contributed by atoms with E-state index in [9.17, 15) is 5.11 Å². The topological polar surface area (TPSA) is 38.0 Å². The van der Waals surface area contributed by atoms with E-state index in [0.717, 1.165) is 19.4 Å². The molecule has 18 heavy (non-hydrogen) atoms. The van der Waals surface area contributed by atoms with Crippen molar-refractivity contribution >= 4 is 46.3 Å². The maximum Gasteiger partial charge on any atom is 0.160 e. The Bertz CT molecular complexity index is 655. The van der Waals surface area contributed by atoms with Crippen molar-refractivity contribution in [2.45, 2.75) is 26.3 Å². The zero-order valence-corrected chi connectivity index (χ0v) is 12.1. The van der Waals surface area contributed by atoms with Crippen LogP contribution in [-0.2, 0) is 6.54 Å². The number of aromatic nitrogens is 2. The van der Waals surface area contributed by atoms with Crippen LogP contribution in [0.1, 0.15) is 19.8 Å². The smallest absolute Gasteiger partial charge is 0.160 e. The minimum atomic E-state index is -0.0789. The molecule has 96 valence electrons. The molecule has 2 aromatic rings. The van der Waals surface area contributed by atoms with Crippen molar-refractivity contribution in [1.82, 2.24) is 9.55 Å². The third-order valence-corrected chi connectivity index (χ3v) is 3.76. The van der Waals surface area contributed by atoms with Crippen molar-refractivity contribution < 1.29 is 5.11 Å². The lowest BCUT2D eigenvalue weighted by Crippen LogP contribution is -2.02. The molecule has 1 heterocycles. The Hall–Kier alpha value is -0.840. The maximum atomic E-state index is 9.87. The Labute approximate surface area is 120 Å². The summed E-state index contributed by atoms with van der Waals surface area (Å²) in [4.78, 5) is 4.19. The van der Waals surface area contributed by atoms with Gasteiger partial charge in [0.15, 0.2) is 5.75 Å². The van der Waals surface area contributed by atoms with Gasteiger partial charge in [-0.2, -0.15) is 0 Å². The van der Waals surface area contributed by atoms with E-state index >= 15 is 0 Å². The highest BCUT2D eigenvalue weighted by atomic mass is 35.5. The van der Waals surface area contributed by atoms with Crippen molar-refractivity contribution in [3.63, 3.8) is 0 Å². The number of phenolic OH excluding ortho intramolecular Hbond substituents is 1. The van der Waals surface area contributed by atoms with Gasteiger partial charge in [0.25, 0.3) is 0 Å². The summed E-state index contributed by atoms with van der Waals surface area (Å²) in [6, 6.07) is 1.49. The Balaban J connectivity index is 2.71. The standard InChI is InChI=1S/C12H12Cl2N2OS/c1-2-3-4-16-6-15-10-9(12(16)18)7(13)5-8(14)11(10)17/h5-6,17H,2-4H2,1H3. The number of halogens is 2. The zero-order chi connectivity index (χ0) is 13.3.